The highest BCUT2D eigenvalue weighted by atomic mass is 79.9. The first-order chi connectivity index (χ1) is 13.0. The minimum Gasteiger partial charge on any atom is -0.497 e. The molecule has 0 aliphatic carbocycles. The number of hydrogen-bond acceptors (Lipinski definition) is 4. The summed E-state index contributed by atoms with van der Waals surface area (Å²) in [7, 11) is 1.63. The monoisotopic (exact) mass is 433 g/mol. The van der Waals surface area contributed by atoms with Crippen LogP contribution >= 0.6 is 15.9 Å². The lowest BCUT2D eigenvalue weighted by molar-refractivity contribution is -0.120. The Hall–Kier alpha value is -2.38. The van der Waals surface area contributed by atoms with Crippen molar-refractivity contribution in [2.75, 3.05) is 32.1 Å². The number of carbonyl (C=O) groups is 2. The second-order valence-electron chi connectivity index (χ2n) is 6.06. The fraction of sp³-hybridized carbons (Fsp3) is 0.300. The summed E-state index contributed by atoms with van der Waals surface area (Å²) in [4.78, 5) is 23.8. The number of benzene rings is 2. The number of amides is 2. The van der Waals surface area contributed by atoms with E-state index in [0.29, 0.717) is 6.54 Å². The Balaban J connectivity index is 1.62. The van der Waals surface area contributed by atoms with Crippen molar-refractivity contribution >= 4 is 33.4 Å². The number of anilines is 1. The standard InChI is InChI=1S/C20H24BrN3O3/c1-14-11-16(21)5-8-18(14)24-20(26)13-22-12-19(25)23-10-9-15-3-6-17(27-2)7-4-15/h3-8,11,22H,9-10,12-13H2,1-2H3,(H,23,25)(H,24,26). The molecule has 2 rings (SSSR count). The lowest BCUT2D eigenvalue weighted by Gasteiger charge is -2.10. The highest BCUT2D eigenvalue weighted by Gasteiger charge is 2.06. The van der Waals surface area contributed by atoms with E-state index in [0.717, 1.165) is 33.5 Å². The van der Waals surface area contributed by atoms with Crippen LogP contribution < -0.4 is 20.7 Å². The van der Waals surface area contributed by atoms with Crippen molar-refractivity contribution in [3.05, 3.63) is 58.1 Å². The summed E-state index contributed by atoms with van der Waals surface area (Å²) >= 11 is 3.39. The molecule has 6 nitrogen and oxygen atoms in total. The van der Waals surface area contributed by atoms with E-state index in [2.05, 4.69) is 31.9 Å². The summed E-state index contributed by atoms with van der Waals surface area (Å²) in [6, 6.07) is 13.4. The molecule has 0 radical (unpaired) electrons. The molecule has 0 heterocycles. The summed E-state index contributed by atoms with van der Waals surface area (Å²) < 4.78 is 6.07. The molecule has 144 valence electrons. The third-order valence-electron chi connectivity index (χ3n) is 3.93. The summed E-state index contributed by atoms with van der Waals surface area (Å²) in [6.07, 6.45) is 0.735. The normalized spacial score (nSPS) is 10.3. The number of aryl methyl sites for hydroxylation is 1. The first kappa shape index (κ1) is 20.9. The van der Waals surface area contributed by atoms with Crippen LogP contribution in [-0.2, 0) is 16.0 Å². The van der Waals surface area contributed by atoms with Gasteiger partial charge < -0.3 is 15.4 Å². The zero-order valence-electron chi connectivity index (χ0n) is 15.5. The van der Waals surface area contributed by atoms with Crippen LogP contribution in [0.5, 0.6) is 5.75 Å². The van der Waals surface area contributed by atoms with Gasteiger partial charge in [-0.3, -0.25) is 14.9 Å². The second-order valence-corrected chi connectivity index (χ2v) is 6.97. The quantitative estimate of drug-likeness (QED) is 0.567. The highest BCUT2D eigenvalue weighted by Crippen LogP contribution is 2.19. The minimum atomic E-state index is -0.188. The van der Waals surface area contributed by atoms with Crippen LogP contribution in [0.4, 0.5) is 5.69 Å². The molecule has 0 fully saturated rings. The van der Waals surface area contributed by atoms with Crippen molar-refractivity contribution in [2.24, 2.45) is 0 Å². The lowest BCUT2D eigenvalue weighted by Crippen LogP contribution is -2.38. The van der Waals surface area contributed by atoms with E-state index in [1.165, 1.54) is 0 Å². The highest BCUT2D eigenvalue weighted by molar-refractivity contribution is 9.10. The largest absolute Gasteiger partial charge is 0.497 e. The van der Waals surface area contributed by atoms with Crippen molar-refractivity contribution in [3.8, 4) is 5.75 Å². The molecule has 2 aromatic rings. The number of nitrogens with one attached hydrogen (secondary N) is 3. The van der Waals surface area contributed by atoms with Crippen molar-refractivity contribution in [1.29, 1.82) is 0 Å². The van der Waals surface area contributed by atoms with E-state index in [1.54, 1.807) is 7.11 Å². The van der Waals surface area contributed by atoms with Gasteiger partial charge >= 0.3 is 0 Å². The molecular formula is C20H24BrN3O3. The molecule has 2 aromatic carbocycles. The zero-order valence-corrected chi connectivity index (χ0v) is 17.1. The van der Waals surface area contributed by atoms with Gasteiger partial charge in [0.15, 0.2) is 0 Å². The van der Waals surface area contributed by atoms with Crippen LogP contribution in [0.15, 0.2) is 46.9 Å². The van der Waals surface area contributed by atoms with E-state index in [4.69, 9.17) is 4.74 Å². The predicted octanol–water partition coefficient (Wildman–Crippen LogP) is 2.65. The molecule has 7 heteroatoms. The van der Waals surface area contributed by atoms with E-state index < -0.39 is 0 Å². The Morgan fingerprint density at radius 2 is 1.74 bits per heavy atom. The summed E-state index contributed by atoms with van der Waals surface area (Å²) in [5, 5.41) is 8.50. The zero-order chi connectivity index (χ0) is 19.6. The average molecular weight is 434 g/mol. The molecule has 2 amide bonds. The van der Waals surface area contributed by atoms with Crippen LogP contribution in [0.25, 0.3) is 0 Å². The summed E-state index contributed by atoms with van der Waals surface area (Å²) in [5.74, 6) is 0.478. The molecule has 0 aromatic heterocycles. The molecule has 3 N–H and O–H groups in total. The number of methoxy groups -OCH3 is 1. The Morgan fingerprint density at radius 1 is 1.04 bits per heavy atom. The Morgan fingerprint density at radius 3 is 2.41 bits per heavy atom. The molecule has 0 atom stereocenters. The van der Waals surface area contributed by atoms with Gasteiger partial charge in [-0.2, -0.15) is 0 Å². The van der Waals surface area contributed by atoms with E-state index in [-0.39, 0.29) is 24.9 Å². The molecular weight excluding hydrogens is 410 g/mol. The summed E-state index contributed by atoms with van der Waals surface area (Å²) in [5.41, 5.74) is 2.84. The smallest absolute Gasteiger partial charge is 0.238 e. The SMILES string of the molecule is COc1ccc(CCNC(=O)CNCC(=O)Nc2ccc(Br)cc2C)cc1. The molecule has 0 unspecified atom stereocenters. The molecule has 0 aliphatic rings. The first-order valence-corrected chi connectivity index (χ1v) is 9.43. The maximum absolute atomic E-state index is 12.0. The van der Waals surface area contributed by atoms with Gasteiger partial charge in [0, 0.05) is 16.7 Å². The number of halogens is 1. The predicted molar refractivity (Wildman–Crippen MR) is 110 cm³/mol. The minimum absolute atomic E-state index is 0.0708. The van der Waals surface area contributed by atoms with Crippen LogP contribution in [0.2, 0.25) is 0 Å². The molecule has 27 heavy (non-hydrogen) atoms. The third kappa shape index (κ3) is 7.40. The molecule has 0 saturated carbocycles. The molecule has 0 aliphatic heterocycles. The number of rotatable bonds is 9. The van der Waals surface area contributed by atoms with Gasteiger partial charge in [-0.25, -0.2) is 0 Å². The maximum Gasteiger partial charge on any atom is 0.238 e. The van der Waals surface area contributed by atoms with Gasteiger partial charge in [-0.1, -0.05) is 28.1 Å². The van der Waals surface area contributed by atoms with Gasteiger partial charge in [0.05, 0.1) is 20.2 Å². The second kappa shape index (κ2) is 10.7. The Labute approximate surface area is 167 Å². The van der Waals surface area contributed by atoms with Crippen LogP contribution in [0, 0.1) is 6.92 Å². The van der Waals surface area contributed by atoms with Crippen molar-refractivity contribution in [1.82, 2.24) is 10.6 Å². The van der Waals surface area contributed by atoms with Crippen molar-refractivity contribution in [3.63, 3.8) is 0 Å². The van der Waals surface area contributed by atoms with E-state index in [1.807, 2.05) is 49.4 Å². The number of carbonyl (C=O) groups excluding carboxylic acids is 2. The molecule has 0 saturated heterocycles. The Bertz CT molecular complexity index is 779. The number of hydrogen-bond donors (Lipinski definition) is 3. The fourth-order valence-corrected chi connectivity index (χ4v) is 2.93. The molecule has 0 bridgehead atoms. The first-order valence-electron chi connectivity index (χ1n) is 8.64. The van der Waals surface area contributed by atoms with Gasteiger partial charge in [0.1, 0.15) is 5.75 Å². The van der Waals surface area contributed by atoms with Crippen molar-refractivity contribution < 1.29 is 14.3 Å². The van der Waals surface area contributed by atoms with Crippen molar-refractivity contribution in [2.45, 2.75) is 13.3 Å². The number of ether oxygens (including phenoxy) is 1. The van der Waals surface area contributed by atoms with Gasteiger partial charge in [-0.05, 0) is 54.8 Å². The van der Waals surface area contributed by atoms with E-state index >= 15 is 0 Å². The average Bonchev–Trinajstić information content (AvgIpc) is 2.64. The van der Waals surface area contributed by atoms with Gasteiger partial charge in [-0.15, -0.1) is 0 Å². The van der Waals surface area contributed by atoms with Crippen LogP contribution in [-0.4, -0.2) is 38.6 Å². The van der Waals surface area contributed by atoms with E-state index in [9.17, 15) is 9.59 Å². The molecule has 0 spiro atoms. The third-order valence-corrected chi connectivity index (χ3v) is 4.42. The fourth-order valence-electron chi connectivity index (χ4n) is 2.45. The topological polar surface area (TPSA) is 79.5 Å². The van der Waals surface area contributed by atoms with Crippen LogP contribution in [0.1, 0.15) is 11.1 Å². The summed E-state index contributed by atoms with van der Waals surface area (Å²) in [6.45, 7) is 2.62. The van der Waals surface area contributed by atoms with Crippen LogP contribution in [0.3, 0.4) is 0 Å². The Kier molecular flexibility index (Phi) is 8.29. The van der Waals surface area contributed by atoms with Gasteiger partial charge in [0.2, 0.25) is 11.8 Å². The lowest BCUT2D eigenvalue weighted by atomic mass is 10.1. The maximum atomic E-state index is 12.0. The van der Waals surface area contributed by atoms with Gasteiger partial charge in [0.25, 0.3) is 0 Å².